The Morgan fingerprint density at radius 1 is 1.19 bits per heavy atom. The highest BCUT2D eigenvalue weighted by atomic mass is 35.5. The second-order valence-corrected chi connectivity index (χ2v) is 9.89. The molecule has 2 heterocycles. The standard InChI is InChI=1S/C15H11ClF3NO4.C13H15N3O3/c1-2-23-14-8-10(4-5-12(14)20(21)22)24-13-6-3-9(7-11(13)16)15(17,18)19;1-7(2)13(3)12(19)15-10(16-13)9-8(11(17)18)5-4-6-14-9/h3-8H,2H2,1H3;4-7H,1-3H3,(H,17,18)(H,15,16,19). The minimum absolute atomic E-state index is 0.00184. The highest BCUT2D eigenvalue weighted by Gasteiger charge is 2.43. The second kappa shape index (κ2) is 13.1. The van der Waals surface area contributed by atoms with E-state index in [1.54, 1.807) is 13.8 Å². The molecule has 43 heavy (non-hydrogen) atoms. The van der Waals surface area contributed by atoms with E-state index in [9.17, 15) is 32.9 Å². The maximum absolute atomic E-state index is 12.6. The molecule has 1 aliphatic heterocycles. The van der Waals surface area contributed by atoms with Crippen molar-refractivity contribution in [2.24, 2.45) is 10.9 Å². The number of aromatic carboxylic acids is 1. The lowest BCUT2D eigenvalue weighted by atomic mass is 9.89. The highest BCUT2D eigenvalue weighted by molar-refractivity contribution is 6.32. The number of aliphatic imine (C=N–C) groups is 1. The van der Waals surface area contributed by atoms with E-state index in [4.69, 9.17) is 26.2 Å². The third kappa shape index (κ3) is 7.57. The van der Waals surface area contributed by atoms with E-state index in [2.05, 4.69) is 15.3 Å². The normalized spacial score (nSPS) is 16.1. The van der Waals surface area contributed by atoms with Crippen LogP contribution in [0.5, 0.6) is 17.2 Å². The molecule has 1 atom stereocenters. The maximum Gasteiger partial charge on any atom is 0.416 e. The van der Waals surface area contributed by atoms with Gasteiger partial charge in [-0.2, -0.15) is 13.2 Å². The number of hydrogen-bond acceptors (Lipinski definition) is 8. The van der Waals surface area contributed by atoms with Gasteiger partial charge in [-0.1, -0.05) is 25.4 Å². The zero-order chi connectivity index (χ0) is 32.1. The van der Waals surface area contributed by atoms with Gasteiger partial charge < -0.3 is 19.9 Å². The van der Waals surface area contributed by atoms with Gasteiger partial charge in [-0.15, -0.1) is 0 Å². The number of carbonyl (C=O) groups excluding carboxylic acids is 1. The van der Waals surface area contributed by atoms with Gasteiger partial charge in [-0.25, -0.2) is 9.79 Å². The number of nitrogens with one attached hydrogen (secondary N) is 1. The molecule has 2 aromatic carbocycles. The fourth-order valence-corrected chi connectivity index (χ4v) is 3.90. The quantitative estimate of drug-likeness (QED) is 0.212. The highest BCUT2D eigenvalue weighted by Crippen LogP contribution is 2.38. The predicted octanol–water partition coefficient (Wildman–Crippen LogP) is 6.53. The largest absolute Gasteiger partial charge is 0.487 e. The Bertz CT molecular complexity index is 1580. The van der Waals surface area contributed by atoms with Crippen LogP contribution in [0.4, 0.5) is 18.9 Å². The first-order valence-electron chi connectivity index (χ1n) is 12.6. The molecule has 1 aromatic heterocycles. The summed E-state index contributed by atoms with van der Waals surface area (Å²) in [4.78, 5) is 41.8. The number of nitro groups is 1. The van der Waals surface area contributed by atoms with Gasteiger partial charge in [0.15, 0.2) is 5.84 Å². The summed E-state index contributed by atoms with van der Waals surface area (Å²) >= 11 is 5.80. The number of pyridine rings is 1. The van der Waals surface area contributed by atoms with Gasteiger partial charge in [0.2, 0.25) is 5.75 Å². The maximum atomic E-state index is 12.6. The van der Waals surface area contributed by atoms with E-state index in [0.717, 1.165) is 18.2 Å². The molecule has 3 aromatic rings. The summed E-state index contributed by atoms with van der Waals surface area (Å²) in [5.41, 5.74) is -1.83. The molecule has 228 valence electrons. The lowest BCUT2D eigenvalue weighted by Gasteiger charge is -2.21. The number of benzene rings is 2. The SMILES string of the molecule is CC(C)C1(C)N=C(c2ncccc2C(=O)O)NC1=O.CCOc1cc(Oc2ccc(C(F)(F)F)cc2Cl)ccc1[N+](=O)[O-]. The third-order valence-electron chi connectivity index (χ3n) is 6.34. The van der Waals surface area contributed by atoms with Crippen LogP contribution in [0, 0.1) is 16.0 Å². The van der Waals surface area contributed by atoms with Crippen LogP contribution in [-0.2, 0) is 11.0 Å². The van der Waals surface area contributed by atoms with Gasteiger partial charge in [0.1, 0.15) is 22.7 Å². The number of hydrogen-bond donors (Lipinski definition) is 2. The minimum atomic E-state index is -4.52. The zero-order valence-corrected chi connectivity index (χ0v) is 24.0. The first kappa shape index (κ1) is 32.8. The summed E-state index contributed by atoms with van der Waals surface area (Å²) in [5, 5.41) is 22.4. The Hall–Kier alpha value is -4.72. The summed E-state index contributed by atoms with van der Waals surface area (Å²) in [6, 6.07) is 9.37. The van der Waals surface area contributed by atoms with Gasteiger partial charge in [-0.3, -0.25) is 19.9 Å². The van der Waals surface area contributed by atoms with Crippen LogP contribution in [0.1, 0.15) is 49.3 Å². The van der Waals surface area contributed by atoms with E-state index >= 15 is 0 Å². The Morgan fingerprint density at radius 3 is 2.42 bits per heavy atom. The molecule has 0 aliphatic carbocycles. The number of ether oxygens (including phenoxy) is 2. The lowest BCUT2D eigenvalue weighted by molar-refractivity contribution is -0.385. The molecule has 2 N–H and O–H groups in total. The molecule has 1 aliphatic rings. The van der Waals surface area contributed by atoms with Crippen molar-refractivity contribution in [2.45, 2.75) is 39.4 Å². The molecule has 15 heteroatoms. The van der Waals surface area contributed by atoms with Crippen molar-refractivity contribution in [3.8, 4) is 17.2 Å². The van der Waals surface area contributed by atoms with Crippen molar-refractivity contribution in [3.05, 3.63) is 86.7 Å². The third-order valence-corrected chi connectivity index (χ3v) is 6.63. The fraction of sp³-hybridized carbons (Fsp3) is 0.286. The Kier molecular flexibility index (Phi) is 9.96. The average Bonchev–Trinajstić information content (AvgIpc) is 3.25. The zero-order valence-electron chi connectivity index (χ0n) is 23.2. The molecule has 1 unspecified atom stereocenters. The number of amidine groups is 1. The van der Waals surface area contributed by atoms with Gasteiger partial charge in [0.25, 0.3) is 5.91 Å². The first-order valence-corrected chi connectivity index (χ1v) is 13.0. The van der Waals surface area contributed by atoms with E-state index in [1.807, 2.05) is 13.8 Å². The summed E-state index contributed by atoms with van der Waals surface area (Å²) in [6.07, 6.45) is -3.04. The number of aromatic nitrogens is 1. The number of rotatable bonds is 8. The van der Waals surface area contributed by atoms with Gasteiger partial charge in [0.05, 0.1) is 27.7 Å². The van der Waals surface area contributed by atoms with Crippen molar-refractivity contribution in [1.82, 2.24) is 10.3 Å². The van der Waals surface area contributed by atoms with E-state index in [1.165, 1.54) is 36.5 Å². The molecular formula is C28H26ClF3N4O7. The van der Waals surface area contributed by atoms with Crippen molar-refractivity contribution in [2.75, 3.05) is 6.61 Å². The second-order valence-electron chi connectivity index (χ2n) is 9.49. The van der Waals surface area contributed by atoms with Crippen LogP contribution in [0.25, 0.3) is 0 Å². The summed E-state index contributed by atoms with van der Waals surface area (Å²) < 4.78 is 48.4. The van der Waals surface area contributed by atoms with Crippen LogP contribution in [0.15, 0.2) is 59.7 Å². The Morgan fingerprint density at radius 2 is 1.88 bits per heavy atom. The Labute approximate surface area is 248 Å². The molecule has 0 spiro atoms. The minimum Gasteiger partial charge on any atom is -0.487 e. The van der Waals surface area contributed by atoms with Crippen LogP contribution in [0.3, 0.4) is 0 Å². The molecule has 0 fully saturated rings. The monoisotopic (exact) mass is 622 g/mol. The number of nitrogens with zero attached hydrogens (tertiary/aromatic N) is 3. The molecule has 0 saturated heterocycles. The molecular weight excluding hydrogens is 597 g/mol. The van der Waals surface area contributed by atoms with Gasteiger partial charge in [0, 0.05) is 18.3 Å². The van der Waals surface area contributed by atoms with E-state index in [-0.39, 0.29) is 63.5 Å². The summed E-state index contributed by atoms with van der Waals surface area (Å²) in [6.45, 7) is 7.36. The number of carbonyl (C=O) groups is 2. The lowest BCUT2D eigenvalue weighted by Crippen LogP contribution is -2.41. The van der Waals surface area contributed by atoms with E-state index < -0.39 is 28.2 Å². The molecule has 0 saturated carbocycles. The smallest absolute Gasteiger partial charge is 0.416 e. The van der Waals surface area contributed by atoms with Gasteiger partial charge >= 0.3 is 17.8 Å². The van der Waals surface area contributed by atoms with Crippen LogP contribution >= 0.6 is 11.6 Å². The Balaban J connectivity index is 0.000000242. The fourth-order valence-electron chi connectivity index (χ4n) is 3.68. The number of carboxylic acids is 1. The predicted molar refractivity (Wildman–Crippen MR) is 150 cm³/mol. The van der Waals surface area contributed by atoms with Crippen molar-refractivity contribution >= 4 is 35.0 Å². The van der Waals surface area contributed by atoms with Crippen LogP contribution in [0.2, 0.25) is 5.02 Å². The molecule has 0 bridgehead atoms. The molecule has 0 radical (unpaired) electrons. The summed E-state index contributed by atoms with van der Waals surface area (Å²) in [5.74, 6) is -0.992. The summed E-state index contributed by atoms with van der Waals surface area (Å²) in [7, 11) is 0. The molecule has 11 nitrogen and oxygen atoms in total. The molecule has 1 amide bonds. The van der Waals surface area contributed by atoms with Crippen LogP contribution in [-0.4, -0.2) is 44.9 Å². The van der Waals surface area contributed by atoms with E-state index in [0.29, 0.717) is 0 Å². The topological polar surface area (TPSA) is 153 Å². The average molecular weight is 623 g/mol. The number of carboxylic acid groups (broad SMARTS) is 1. The van der Waals surface area contributed by atoms with Crippen molar-refractivity contribution in [1.29, 1.82) is 0 Å². The van der Waals surface area contributed by atoms with Crippen molar-refractivity contribution in [3.63, 3.8) is 0 Å². The van der Waals surface area contributed by atoms with Crippen molar-refractivity contribution < 1.29 is 42.3 Å². The number of halogens is 4. The number of alkyl halides is 3. The number of nitro benzene ring substituents is 1. The molecule has 4 rings (SSSR count). The van der Waals surface area contributed by atoms with Gasteiger partial charge in [-0.05, 0) is 56.2 Å². The van der Waals surface area contributed by atoms with Crippen LogP contribution < -0.4 is 14.8 Å². The first-order chi connectivity index (χ1) is 20.1. The number of amides is 1.